The van der Waals surface area contributed by atoms with Gasteiger partial charge in [0.2, 0.25) is 0 Å². The van der Waals surface area contributed by atoms with Crippen molar-refractivity contribution in [2.24, 2.45) is 0 Å². The summed E-state index contributed by atoms with van der Waals surface area (Å²) in [7, 11) is 1.85. The van der Waals surface area contributed by atoms with Crippen molar-refractivity contribution in [2.75, 3.05) is 11.9 Å². The van der Waals surface area contributed by atoms with Gasteiger partial charge in [0.05, 0.1) is 11.8 Å². The summed E-state index contributed by atoms with van der Waals surface area (Å²) < 4.78 is 15.1. The maximum atomic E-state index is 14.1. The van der Waals surface area contributed by atoms with E-state index in [4.69, 9.17) is 0 Å². The molecule has 0 aliphatic carbocycles. The third kappa shape index (κ3) is 3.58. The van der Waals surface area contributed by atoms with Gasteiger partial charge in [-0.3, -0.25) is 0 Å². The van der Waals surface area contributed by atoms with Gasteiger partial charge in [-0.2, -0.15) is 0 Å². The first kappa shape index (κ1) is 15.0. The molecule has 0 heterocycles. The summed E-state index contributed by atoms with van der Waals surface area (Å²) in [5, 5.41) is 9.46. The maximum Gasteiger partial charge on any atom is 0.146 e. The summed E-state index contributed by atoms with van der Waals surface area (Å²) in [6, 6.07) is 12.8. The summed E-state index contributed by atoms with van der Waals surface area (Å²) in [5.41, 5.74) is 2.21. The van der Waals surface area contributed by atoms with E-state index in [0.717, 1.165) is 10.0 Å². The zero-order chi connectivity index (χ0) is 14.7. The topological polar surface area (TPSA) is 23.5 Å². The Labute approximate surface area is 127 Å². The third-order valence-corrected chi connectivity index (χ3v) is 3.67. The Balaban J connectivity index is 2.19. The summed E-state index contributed by atoms with van der Waals surface area (Å²) in [4.78, 5) is 1.85. The summed E-state index contributed by atoms with van der Waals surface area (Å²) >= 11 is 3.43. The molecule has 0 amide bonds. The second kappa shape index (κ2) is 6.37. The Hall–Kier alpha value is -1.39. The lowest BCUT2D eigenvalue weighted by Gasteiger charge is -2.21. The van der Waals surface area contributed by atoms with Crippen LogP contribution in [-0.4, -0.2) is 12.2 Å². The highest BCUT2D eigenvalue weighted by molar-refractivity contribution is 9.10. The van der Waals surface area contributed by atoms with E-state index >= 15 is 0 Å². The molecule has 2 rings (SSSR count). The number of aliphatic hydroxyl groups is 1. The van der Waals surface area contributed by atoms with Gasteiger partial charge in [-0.1, -0.05) is 34.1 Å². The standard InChI is InChI=1S/C16H17BrFNO/c1-11(20)13-6-7-16(15(18)9-13)19(2)10-12-4-3-5-14(17)8-12/h3-9,11,20H,10H2,1-2H3/t11-/m1/s1. The molecule has 0 aliphatic heterocycles. The van der Waals surface area contributed by atoms with Gasteiger partial charge in [0.1, 0.15) is 5.82 Å². The van der Waals surface area contributed by atoms with E-state index in [-0.39, 0.29) is 5.82 Å². The molecule has 0 saturated heterocycles. The minimum Gasteiger partial charge on any atom is -0.389 e. The SMILES string of the molecule is C[C@@H](O)c1ccc(N(C)Cc2cccc(Br)c2)c(F)c1. The first-order valence-electron chi connectivity index (χ1n) is 6.40. The highest BCUT2D eigenvalue weighted by Crippen LogP contribution is 2.24. The fraction of sp³-hybridized carbons (Fsp3) is 0.250. The van der Waals surface area contributed by atoms with Crippen LogP contribution < -0.4 is 4.90 Å². The van der Waals surface area contributed by atoms with Gasteiger partial charge in [-0.05, 0) is 42.3 Å². The van der Waals surface area contributed by atoms with E-state index in [1.807, 2.05) is 36.2 Å². The monoisotopic (exact) mass is 337 g/mol. The molecule has 4 heteroatoms. The number of anilines is 1. The van der Waals surface area contributed by atoms with Crippen molar-refractivity contribution in [2.45, 2.75) is 19.6 Å². The van der Waals surface area contributed by atoms with Gasteiger partial charge in [-0.15, -0.1) is 0 Å². The Morgan fingerprint density at radius 2 is 2.00 bits per heavy atom. The molecule has 20 heavy (non-hydrogen) atoms. The molecule has 0 unspecified atom stereocenters. The molecule has 0 aliphatic rings. The second-order valence-electron chi connectivity index (χ2n) is 4.87. The molecule has 2 nitrogen and oxygen atoms in total. The number of rotatable bonds is 4. The smallest absolute Gasteiger partial charge is 0.146 e. The van der Waals surface area contributed by atoms with Crippen LogP contribution in [0.4, 0.5) is 10.1 Å². The van der Waals surface area contributed by atoms with Gasteiger partial charge in [0.25, 0.3) is 0 Å². The summed E-state index contributed by atoms with van der Waals surface area (Å²) in [5.74, 6) is -0.319. The number of aliphatic hydroxyl groups excluding tert-OH is 1. The fourth-order valence-corrected chi connectivity index (χ4v) is 2.53. The molecule has 1 N–H and O–H groups in total. The maximum absolute atomic E-state index is 14.1. The predicted octanol–water partition coefficient (Wildman–Crippen LogP) is 4.28. The minimum absolute atomic E-state index is 0.319. The van der Waals surface area contributed by atoms with Gasteiger partial charge >= 0.3 is 0 Å². The number of hydrogen-bond donors (Lipinski definition) is 1. The largest absolute Gasteiger partial charge is 0.389 e. The van der Waals surface area contributed by atoms with Crippen molar-refractivity contribution >= 4 is 21.6 Å². The predicted molar refractivity (Wildman–Crippen MR) is 83.3 cm³/mol. The molecule has 1 atom stereocenters. The molecule has 2 aromatic carbocycles. The summed E-state index contributed by atoms with van der Waals surface area (Å²) in [6.45, 7) is 2.24. The lowest BCUT2D eigenvalue weighted by Crippen LogP contribution is -2.17. The number of nitrogens with zero attached hydrogens (tertiary/aromatic N) is 1. The van der Waals surface area contributed by atoms with Crippen molar-refractivity contribution in [1.29, 1.82) is 0 Å². The normalized spacial score (nSPS) is 12.2. The lowest BCUT2D eigenvalue weighted by molar-refractivity contribution is 0.199. The van der Waals surface area contributed by atoms with Crippen LogP contribution in [-0.2, 0) is 6.54 Å². The molecule has 0 spiro atoms. The van der Waals surface area contributed by atoms with E-state index in [1.165, 1.54) is 6.07 Å². The molecule has 0 radical (unpaired) electrons. The number of hydrogen-bond acceptors (Lipinski definition) is 2. The van der Waals surface area contributed by atoms with Crippen LogP contribution in [0.1, 0.15) is 24.2 Å². The Bertz CT molecular complexity index is 601. The molecular formula is C16H17BrFNO. The van der Waals surface area contributed by atoms with Crippen LogP contribution in [0.25, 0.3) is 0 Å². The van der Waals surface area contributed by atoms with Crippen molar-refractivity contribution in [3.8, 4) is 0 Å². The minimum atomic E-state index is -0.658. The molecule has 106 valence electrons. The van der Waals surface area contributed by atoms with E-state index in [9.17, 15) is 9.50 Å². The molecule has 2 aromatic rings. The first-order valence-corrected chi connectivity index (χ1v) is 7.20. The Morgan fingerprint density at radius 1 is 1.25 bits per heavy atom. The molecule has 0 bridgehead atoms. The van der Waals surface area contributed by atoms with Crippen LogP contribution in [0.5, 0.6) is 0 Å². The number of halogens is 2. The lowest BCUT2D eigenvalue weighted by atomic mass is 10.1. The van der Waals surface area contributed by atoms with Crippen molar-refractivity contribution in [3.05, 3.63) is 63.9 Å². The van der Waals surface area contributed by atoms with E-state index in [1.54, 1.807) is 19.1 Å². The fourth-order valence-electron chi connectivity index (χ4n) is 2.09. The zero-order valence-electron chi connectivity index (χ0n) is 11.5. The summed E-state index contributed by atoms with van der Waals surface area (Å²) in [6.07, 6.45) is -0.658. The number of benzene rings is 2. The van der Waals surface area contributed by atoms with Crippen LogP contribution in [0.15, 0.2) is 46.9 Å². The van der Waals surface area contributed by atoms with Crippen molar-refractivity contribution in [3.63, 3.8) is 0 Å². The van der Waals surface area contributed by atoms with Gasteiger partial charge < -0.3 is 10.0 Å². The van der Waals surface area contributed by atoms with Crippen molar-refractivity contribution < 1.29 is 9.50 Å². The highest BCUT2D eigenvalue weighted by atomic mass is 79.9. The van der Waals surface area contributed by atoms with E-state index < -0.39 is 6.10 Å². The average molecular weight is 338 g/mol. The molecule has 0 aromatic heterocycles. The van der Waals surface area contributed by atoms with Gasteiger partial charge in [0, 0.05) is 18.1 Å². The molecule has 0 fully saturated rings. The van der Waals surface area contributed by atoms with E-state index in [0.29, 0.717) is 17.8 Å². The third-order valence-electron chi connectivity index (χ3n) is 3.17. The van der Waals surface area contributed by atoms with Crippen LogP contribution >= 0.6 is 15.9 Å². The average Bonchev–Trinajstić information content (AvgIpc) is 2.38. The highest BCUT2D eigenvalue weighted by Gasteiger charge is 2.11. The van der Waals surface area contributed by atoms with Gasteiger partial charge in [-0.25, -0.2) is 4.39 Å². The molecular weight excluding hydrogens is 321 g/mol. The van der Waals surface area contributed by atoms with Crippen LogP contribution in [0.3, 0.4) is 0 Å². The zero-order valence-corrected chi connectivity index (χ0v) is 13.1. The Morgan fingerprint density at radius 3 is 2.60 bits per heavy atom. The first-order chi connectivity index (χ1) is 9.47. The van der Waals surface area contributed by atoms with Crippen molar-refractivity contribution in [1.82, 2.24) is 0 Å². The Kier molecular flexibility index (Phi) is 4.78. The van der Waals surface area contributed by atoms with Crippen LogP contribution in [0.2, 0.25) is 0 Å². The van der Waals surface area contributed by atoms with Crippen LogP contribution in [0, 0.1) is 5.82 Å². The quantitative estimate of drug-likeness (QED) is 0.900. The van der Waals surface area contributed by atoms with E-state index in [2.05, 4.69) is 15.9 Å². The van der Waals surface area contributed by atoms with Gasteiger partial charge in [0.15, 0.2) is 0 Å². The second-order valence-corrected chi connectivity index (χ2v) is 5.79. The molecule has 0 saturated carbocycles.